The number of nitrogens with zero attached hydrogens (tertiary/aromatic N) is 1. The molecule has 0 spiro atoms. The normalized spacial score (nSPS) is 10.6. The third-order valence-electron chi connectivity index (χ3n) is 3.48. The summed E-state index contributed by atoms with van der Waals surface area (Å²) in [5, 5.41) is 16.2. The highest BCUT2D eigenvalue weighted by Gasteiger charge is 2.12. The Morgan fingerprint density at radius 2 is 1.96 bits per heavy atom. The number of phenolic OH excluding ortho intramolecular Hbond substituents is 1. The smallest absolute Gasteiger partial charge is 0.329 e. The number of amides is 2. The number of phenols is 1. The van der Waals surface area contributed by atoms with Gasteiger partial charge in [0.1, 0.15) is 0 Å². The van der Waals surface area contributed by atoms with E-state index in [-0.39, 0.29) is 5.75 Å². The summed E-state index contributed by atoms with van der Waals surface area (Å²) in [6, 6.07) is 12.9. The number of hydrazone groups is 1. The summed E-state index contributed by atoms with van der Waals surface area (Å²) in [5.41, 5.74) is 3.87. The summed E-state index contributed by atoms with van der Waals surface area (Å²) in [5.74, 6) is -1.22. The molecule has 0 atom stereocenters. The lowest BCUT2D eigenvalue weighted by Crippen LogP contribution is -2.38. The number of rotatable bonds is 7. The molecule has 27 heavy (non-hydrogen) atoms. The molecular formula is C19H20IN3O4. The molecule has 0 aliphatic rings. The van der Waals surface area contributed by atoms with Gasteiger partial charge in [-0.2, -0.15) is 5.10 Å². The maximum atomic E-state index is 11.8. The molecule has 0 saturated carbocycles. The Hall–Kier alpha value is -2.62. The van der Waals surface area contributed by atoms with Crippen LogP contribution in [0, 0.1) is 3.57 Å². The van der Waals surface area contributed by atoms with Gasteiger partial charge in [0.2, 0.25) is 0 Å². The van der Waals surface area contributed by atoms with E-state index in [1.807, 2.05) is 59.8 Å². The molecule has 0 aromatic heterocycles. The largest absolute Gasteiger partial charge is 0.504 e. The van der Waals surface area contributed by atoms with Gasteiger partial charge in [0.05, 0.1) is 16.4 Å². The summed E-state index contributed by atoms with van der Waals surface area (Å²) < 4.78 is 5.92. The van der Waals surface area contributed by atoms with Crippen molar-refractivity contribution in [1.29, 1.82) is 0 Å². The maximum Gasteiger partial charge on any atom is 0.329 e. The third kappa shape index (κ3) is 6.55. The van der Waals surface area contributed by atoms with E-state index in [2.05, 4.69) is 15.8 Å². The van der Waals surface area contributed by atoms with Gasteiger partial charge in [0, 0.05) is 6.54 Å². The molecule has 0 fully saturated rings. The topological polar surface area (TPSA) is 100 Å². The number of aromatic hydroxyl groups is 1. The van der Waals surface area contributed by atoms with Gasteiger partial charge >= 0.3 is 11.8 Å². The van der Waals surface area contributed by atoms with E-state index >= 15 is 0 Å². The number of nitrogens with one attached hydrogen (secondary N) is 2. The zero-order valence-electron chi connectivity index (χ0n) is 14.7. The third-order valence-corrected chi connectivity index (χ3v) is 4.30. The van der Waals surface area contributed by atoms with Gasteiger partial charge in [0.25, 0.3) is 0 Å². The first-order valence-corrected chi connectivity index (χ1v) is 9.39. The van der Waals surface area contributed by atoms with Crippen LogP contribution in [0.2, 0.25) is 0 Å². The van der Waals surface area contributed by atoms with Crippen LogP contribution in [0.15, 0.2) is 47.6 Å². The van der Waals surface area contributed by atoms with Crippen LogP contribution in [0.1, 0.15) is 18.1 Å². The molecule has 2 aromatic carbocycles. The zero-order valence-corrected chi connectivity index (χ0v) is 16.9. The molecule has 0 saturated heterocycles. The molecule has 0 aliphatic heterocycles. The monoisotopic (exact) mass is 481 g/mol. The van der Waals surface area contributed by atoms with Gasteiger partial charge in [-0.05, 0) is 59.2 Å². The van der Waals surface area contributed by atoms with Gasteiger partial charge in [-0.3, -0.25) is 9.59 Å². The summed E-state index contributed by atoms with van der Waals surface area (Å²) >= 11 is 1.97. The predicted molar refractivity (Wildman–Crippen MR) is 111 cm³/mol. The van der Waals surface area contributed by atoms with E-state index in [0.29, 0.717) is 34.5 Å². The molecule has 2 amide bonds. The molecule has 7 nitrogen and oxygen atoms in total. The molecule has 142 valence electrons. The lowest BCUT2D eigenvalue weighted by molar-refractivity contribution is -0.139. The van der Waals surface area contributed by atoms with Crippen LogP contribution >= 0.6 is 22.6 Å². The molecular weight excluding hydrogens is 461 g/mol. The molecule has 8 heteroatoms. The van der Waals surface area contributed by atoms with Gasteiger partial charge in [-0.25, -0.2) is 5.43 Å². The quantitative estimate of drug-likeness (QED) is 0.245. The molecule has 0 aliphatic carbocycles. The van der Waals surface area contributed by atoms with Gasteiger partial charge in [-0.15, -0.1) is 0 Å². The fraction of sp³-hybridized carbons (Fsp3) is 0.211. The summed E-state index contributed by atoms with van der Waals surface area (Å²) in [4.78, 5) is 23.5. The van der Waals surface area contributed by atoms with E-state index in [1.165, 1.54) is 6.21 Å². The lowest BCUT2D eigenvalue weighted by Gasteiger charge is -2.08. The first kappa shape index (κ1) is 20.7. The molecule has 0 unspecified atom stereocenters. The second-order valence-electron chi connectivity index (χ2n) is 5.47. The fourth-order valence-electron chi connectivity index (χ4n) is 2.20. The number of carbonyl (C=O) groups excluding carboxylic acids is 2. The van der Waals surface area contributed by atoms with Gasteiger partial charge < -0.3 is 15.2 Å². The molecule has 0 radical (unpaired) electrons. The highest BCUT2D eigenvalue weighted by Crippen LogP contribution is 2.32. The van der Waals surface area contributed by atoms with Gasteiger partial charge in [0.15, 0.2) is 11.5 Å². The van der Waals surface area contributed by atoms with Crippen LogP contribution in [0.25, 0.3) is 0 Å². The Kier molecular flexibility index (Phi) is 8.05. The number of halogens is 1. The molecule has 2 rings (SSSR count). The van der Waals surface area contributed by atoms with Crippen molar-refractivity contribution < 1.29 is 19.4 Å². The average Bonchev–Trinajstić information content (AvgIpc) is 2.66. The first-order chi connectivity index (χ1) is 13.0. The molecule has 2 aromatic rings. The van der Waals surface area contributed by atoms with Crippen molar-refractivity contribution in [3.63, 3.8) is 0 Å². The van der Waals surface area contributed by atoms with Crippen LogP contribution in [-0.4, -0.2) is 36.3 Å². The average molecular weight is 481 g/mol. The molecule has 0 bridgehead atoms. The van der Waals surface area contributed by atoms with Crippen LogP contribution in [-0.2, 0) is 16.0 Å². The Morgan fingerprint density at radius 3 is 2.67 bits per heavy atom. The van der Waals surface area contributed by atoms with Crippen LogP contribution in [0.5, 0.6) is 11.5 Å². The second-order valence-corrected chi connectivity index (χ2v) is 6.64. The van der Waals surface area contributed by atoms with E-state index in [9.17, 15) is 14.7 Å². The van der Waals surface area contributed by atoms with Crippen LogP contribution in [0.4, 0.5) is 0 Å². The van der Waals surface area contributed by atoms with Crippen LogP contribution < -0.4 is 15.5 Å². The van der Waals surface area contributed by atoms with Crippen molar-refractivity contribution in [3.8, 4) is 11.5 Å². The summed E-state index contributed by atoms with van der Waals surface area (Å²) in [6.45, 7) is 2.57. The number of ether oxygens (including phenoxy) is 1. The first-order valence-electron chi connectivity index (χ1n) is 8.31. The van der Waals surface area contributed by atoms with Crippen molar-refractivity contribution in [3.05, 3.63) is 57.2 Å². The van der Waals surface area contributed by atoms with Gasteiger partial charge in [-0.1, -0.05) is 30.3 Å². The Labute approximate surface area is 171 Å². The van der Waals surface area contributed by atoms with Crippen molar-refractivity contribution in [2.75, 3.05) is 13.2 Å². The predicted octanol–water partition coefficient (Wildman–Crippen LogP) is 2.20. The summed E-state index contributed by atoms with van der Waals surface area (Å²) in [7, 11) is 0. The Morgan fingerprint density at radius 1 is 1.22 bits per heavy atom. The second kappa shape index (κ2) is 10.5. The SMILES string of the molecule is CCOc1cc(/C=N\NC(=O)C(=O)NCCc2ccccc2)cc(I)c1O. The minimum Gasteiger partial charge on any atom is -0.504 e. The van der Waals surface area contributed by atoms with Crippen LogP contribution in [0.3, 0.4) is 0 Å². The van der Waals surface area contributed by atoms with E-state index in [4.69, 9.17) is 4.74 Å². The van der Waals surface area contributed by atoms with E-state index in [0.717, 1.165) is 5.56 Å². The number of hydrogen-bond donors (Lipinski definition) is 3. The lowest BCUT2D eigenvalue weighted by atomic mass is 10.1. The highest BCUT2D eigenvalue weighted by atomic mass is 127. The zero-order chi connectivity index (χ0) is 19.6. The fourth-order valence-corrected chi connectivity index (χ4v) is 2.82. The molecule has 3 N–H and O–H groups in total. The van der Waals surface area contributed by atoms with Crippen molar-refractivity contribution in [1.82, 2.24) is 10.7 Å². The maximum absolute atomic E-state index is 11.8. The van der Waals surface area contributed by atoms with Crippen molar-refractivity contribution in [2.24, 2.45) is 5.10 Å². The number of carbonyl (C=O) groups is 2. The van der Waals surface area contributed by atoms with E-state index in [1.54, 1.807) is 12.1 Å². The van der Waals surface area contributed by atoms with E-state index < -0.39 is 11.8 Å². The molecule has 0 heterocycles. The Bertz CT molecular complexity index is 825. The number of hydrogen-bond acceptors (Lipinski definition) is 5. The Balaban J connectivity index is 1.84. The number of benzene rings is 2. The summed E-state index contributed by atoms with van der Waals surface area (Å²) in [6.07, 6.45) is 2.01. The standard InChI is InChI=1S/C19H20IN3O4/c1-2-27-16-11-14(10-15(20)17(16)24)12-22-23-19(26)18(25)21-9-8-13-6-4-3-5-7-13/h3-7,10-12,24H,2,8-9H2,1H3,(H,21,25)(H,23,26)/b22-12-. The highest BCUT2D eigenvalue weighted by molar-refractivity contribution is 14.1. The minimum absolute atomic E-state index is 0.0522. The van der Waals surface area contributed by atoms with Crippen molar-refractivity contribution in [2.45, 2.75) is 13.3 Å². The van der Waals surface area contributed by atoms with Crippen molar-refractivity contribution >= 4 is 40.6 Å². The minimum atomic E-state index is -0.849.